The molecule has 0 aliphatic rings. The molecule has 4 N–H and O–H groups in total. The van der Waals surface area contributed by atoms with E-state index in [1.807, 2.05) is 31.2 Å². The molecular formula is C28H29FN6O2. The summed E-state index contributed by atoms with van der Waals surface area (Å²) in [6, 6.07) is 14.0. The summed E-state index contributed by atoms with van der Waals surface area (Å²) in [7, 11) is 1.63. The normalized spacial score (nSPS) is 12.0. The van der Waals surface area contributed by atoms with Crippen molar-refractivity contribution < 1.29 is 13.9 Å². The second-order valence-electron chi connectivity index (χ2n) is 8.28. The number of rotatable bonds is 10. The van der Waals surface area contributed by atoms with Crippen molar-refractivity contribution in [1.82, 2.24) is 15.0 Å². The minimum atomic E-state index is -0.330. The van der Waals surface area contributed by atoms with Crippen molar-refractivity contribution in [3.8, 4) is 22.4 Å². The molecule has 0 bridgehead atoms. The zero-order valence-electron chi connectivity index (χ0n) is 20.8. The molecule has 9 heteroatoms. The highest BCUT2D eigenvalue weighted by Crippen LogP contribution is 2.36. The first-order valence-electron chi connectivity index (χ1n) is 11.8. The van der Waals surface area contributed by atoms with Gasteiger partial charge in [0, 0.05) is 52.9 Å². The van der Waals surface area contributed by atoms with E-state index >= 15 is 0 Å². The molecule has 0 aliphatic heterocycles. The van der Waals surface area contributed by atoms with Gasteiger partial charge in [0.15, 0.2) is 0 Å². The van der Waals surface area contributed by atoms with E-state index in [2.05, 4.69) is 15.0 Å². The van der Waals surface area contributed by atoms with Crippen LogP contribution < -0.4 is 11.5 Å². The Kier molecular flexibility index (Phi) is 8.50. The molecule has 0 spiro atoms. The highest BCUT2D eigenvalue weighted by molar-refractivity contribution is 6.12. The van der Waals surface area contributed by atoms with Gasteiger partial charge in [-0.1, -0.05) is 6.07 Å². The van der Waals surface area contributed by atoms with E-state index in [0.29, 0.717) is 43.2 Å². The Labute approximate surface area is 214 Å². The zero-order chi connectivity index (χ0) is 26.2. The van der Waals surface area contributed by atoms with E-state index in [1.54, 1.807) is 31.8 Å². The number of ether oxygens (including phenoxy) is 2. The molecule has 2 aromatic heterocycles. The second kappa shape index (κ2) is 12.2. The van der Waals surface area contributed by atoms with E-state index in [9.17, 15) is 4.39 Å². The topological polar surface area (TPSA) is 122 Å². The molecule has 0 unspecified atom stereocenters. The van der Waals surface area contributed by atoms with Crippen molar-refractivity contribution >= 4 is 28.5 Å². The van der Waals surface area contributed by atoms with Crippen molar-refractivity contribution in [3.05, 3.63) is 78.1 Å². The summed E-state index contributed by atoms with van der Waals surface area (Å²) in [5.41, 5.74) is 18.4. The number of halogens is 1. The number of hydrogen-bond donors (Lipinski definition) is 2. The number of aryl methyl sites for hydroxylation is 1. The first kappa shape index (κ1) is 25.9. The van der Waals surface area contributed by atoms with E-state index in [-0.39, 0.29) is 11.6 Å². The summed E-state index contributed by atoms with van der Waals surface area (Å²) >= 11 is 0. The third-order valence-electron chi connectivity index (χ3n) is 5.83. The number of benzene rings is 2. The van der Waals surface area contributed by atoms with Crippen LogP contribution in [-0.4, -0.2) is 54.6 Å². The summed E-state index contributed by atoms with van der Waals surface area (Å²) in [6.45, 7) is 3.89. The van der Waals surface area contributed by atoms with Crippen molar-refractivity contribution in [3.63, 3.8) is 0 Å². The monoisotopic (exact) mass is 500 g/mol. The van der Waals surface area contributed by atoms with Crippen LogP contribution in [0.25, 0.3) is 38.9 Å². The van der Waals surface area contributed by atoms with Crippen molar-refractivity contribution in [1.29, 1.82) is 0 Å². The molecule has 8 nitrogen and oxygen atoms in total. The molecule has 4 rings (SSSR count). The van der Waals surface area contributed by atoms with E-state index < -0.39 is 0 Å². The summed E-state index contributed by atoms with van der Waals surface area (Å²) in [5.74, 6) is -0.0491. The molecule has 0 saturated heterocycles. The average Bonchev–Trinajstić information content (AvgIpc) is 2.91. The Bertz CT molecular complexity index is 1440. The minimum Gasteiger partial charge on any atom is -0.404 e. The molecule has 0 aliphatic carbocycles. The van der Waals surface area contributed by atoms with Crippen molar-refractivity contribution in [2.45, 2.75) is 6.92 Å². The fraction of sp³-hybridized carbons (Fsp3) is 0.214. The lowest BCUT2D eigenvalue weighted by Crippen LogP contribution is -2.06. The van der Waals surface area contributed by atoms with Gasteiger partial charge < -0.3 is 20.9 Å². The number of nitrogens with two attached hydrogens (primary N) is 2. The second-order valence-corrected chi connectivity index (χ2v) is 8.28. The highest BCUT2D eigenvalue weighted by Gasteiger charge is 2.16. The van der Waals surface area contributed by atoms with Gasteiger partial charge in [-0.3, -0.25) is 4.99 Å². The molecular weight excluding hydrogens is 471 g/mol. The lowest BCUT2D eigenvalue weighted by atomic mass is 9.94. The SMILES string of the molecule is COCCOCCN=CC(=CN)c1cc(-c2ccc3ncnc(C)c3c2)c(-c2ccc(F)cc2)nc1N. The maximum Gasteiger partial charge on any atom is 0.132 e. The third kappa shape index (κ3) is 6.14. The van der Waals surface area contributed by atoms with Gasteiger partial charge in [0.2, 0.25) is 0 Å². The Morgan fingerprint density at radius 1 is 1.03 bits per heavy atom. The molecule has 0 atom stereocenters. The van der Waals surface area contributed by atoms with Gasteiger partial charge in [0.25, 0.3) is 0 Å². The van der Waals surface area contributed by atoms with Gasteiger partial charge in [0.05, 0.1) is 37.6 Å². The summed E-state index contributed by atoms with van der Waals surface area (Å²) < 4.78 is 24.1. The lowest BCUT2D eigenvalue weighted by molar-refractivity contribution is 0.0749. The van der Waals surface area contributed by atoms with Crippen LogP contribution in [0.1, 0.15) is 11.3 Å². The molecule has 0 amide bonds. The number of anilines is 1. The molecule has 0 saturated carbocycles. The molecule has 0 fully saturated rings. The lowest BCUT2D eigenvalue weighted by Gasteiger charge is -2.15. The fourth-order valence-electron chi connectivity index (χ4n) is 3.89. The molecule has 2 aromatic carbocycles. The van der Waals surface area contributed by atoms with Crippen LogP contribution in [0.3, 0.4) is 0 Å². The number of aliphatic imine (C=N–C) groups is 1. The Balaban J connectivity index is 1.76. The number of aromatic nitrogens is 3. The summed E-state index contributed by atoms with van der Waals surface area (Å²) in [4.78, 5) is 17.8. The van der Waals surface area contributed by atoms with E-state index in [0.717, 1.165) is 33.3 Å². The van der Waals surface area contributed by atoms with Crippen LogP contribution in [0, 0.1) is 12.7 Å². The Hall–Kier alpha value is -4.21. The van der Waals surface area contributed by atoms with Crippen LogP contribution in [0.2, 0.25) is 0 Å². The molecule has 4 aromatic rings. The Morgan fingerprint density at radius 2 is 1.81 bits per heavy atom. The number of allylic oxidation sites excluding steroid dienone is 1. The standard InChI is InChI=1S/C28H29FN6O2/c1-18-23-13-20(5-8-26(23)34-17-33-18)24-14-25(21(15-30)16-32-9-10-37-12-11-36-2)28(31)35-27(24)19-3-6-22(29)7-4-19/h3-8,13-17H,9-12,30H2,1-2H3,(H2,31,35). The maximum atomic E-state index is 13.7. The summed E-state index contributed by atoms with van der Waals surface area (Å²) in [6.07, 6.45) is 4.65. The fourth-order valence-corrected chi connectivity index (χ4v) is 3.89. The predicted octanol–water partition coefficient (Wildman–Crippen LogP) is 4.42. The highest BCUT2D eigenvalue weighted by atomic mass is 19.1. The van der Waals surface area contributed by atoms with E-state index in [1.165, 1.54) is 18.3 Å². The molecule has 37 heavy (non-hydrogen) atoms. The first-order chi connectivity index (χ1) is 18.0. The van der Waals surface area contributed by atoms with Crippen molar-refractivity contribution in [2.75, 3.05) is 39.2 Å². The molecule has 2 heterocycles. The van der Waals surface area contributed by atoms with Crippen molar-refractivity contribution in [2.24, 2.45) is 10.7 Å². The predicted molar refractivity (Wildman–Crippen MR) is 146 cm³/mol. The number of fused-ring (bicyclic) bond motifs is 1. The van der Waals surface area contributed by atoms with Crippen LogP contribution in [0.4, 0.5) is 10.2 Å². The van der Waals surface area contributed by atoms with Crippen LogP contribution >= 0.6 is 0 Å². The largest absolute Gasteiger partial charge is 0.404 e. The van der Waals surface area contributed by atoms with Gasteiger partial charge in [-0.25, -0.2) is 19.3 Å². The maximum absolute atomic E-state index is 13.7. The number of pyridine rings is 1. The van der Waals surface area contributed by atoms with Gasteiger partial charge in [-0.2, -0.15) is 0 Å². The molecule has 0 radical (unpaired) electrons. The number of hydrogen-bond acceptors (Lipinski definition) is 8. The smallest absolute Gasteiger partial charge is 0.132 e. The number of nitrogens with zero attached hydrogens (tertiary/aromatic N) is 4. The van der Waals surface area contributed by atoms with Gasteiger partial charge in [0.1, 0.15) is 18.0 Å². The van der Waals surface area contributed by atoms with Crippen LogP contribution in [0.15, 0.2) is 66.1 Å². The quantitative estimate of drug-likeness (QED) is 0.244. The first-order valence-corrected chi connectivity index (χ1v) is 11.8. The van der Waals surface area contributed by atoms with Crippen LogP contribution in [-0.2, 0) is 9.47 Å². The summed E-state index contributed by atoms with van der Waals surface area (Å²) in [5, 5.41) is 0.924. The third-order valence-corrected chi connectivity index (χ3v) is 5.83. The van der Waals surface area contributed by atoms with Crippen LogP contribution in [0.5, 0.6) is 0 Å². The number of methoxy groups -OCH3 is 1. The zero-order valence-corrected chi connectivity index (χ0v) is 20.8. The average molecular weight is 501 g/mol. The van der Waals surface area contributed by atoms with E-state index in [4.69, 9.17) is 25.9 Å². The van der Waals surface area contributed by atoms with Gasteiger partial charge in [-0.05, 0) is 55.0 Å². The van der Waals surface area contributed by atoms with Gasteiger partial charge >= 0.3 is 0 Å². The Morgan fingerprint density at radius 3 is 2.57 bits per heavy atom. The van der Waals surface area contributed by atoms with Gasteiger partial charge in [-0.15, -0.1) is 0 Å². The minimum absolute atomic E-state index is 0.280. The molecule has 190 valence electrons. The number of nitrogen functional groups attached to an aromatic ring is 1.